The fourth-order valence-electron chi connectivity index (χ4n) is 3.70. The predicted molar refractivity (Wildman–Crippen MR) is 119 cm³/mol. The van der Waals surface area contributed by atoms with Crippen molar-refractivity contribution in [2.24, 2.45) is 0 Å². The second-order valence-electron chi connectivity index (χ2n) is 7.72. The summed E-state index contributed by atoms with van der Waals surface area (Å²) in [4.78, 5) is 14.6. The van der Waals surface area contributed by atoms with Crippen molar-refractivity contribution < 1.29 is 18.8 Å². The Morgan fingerprint density at radius 2 is 1.55 bits per heavy atom. The van der Waals surface area contributed by atoms with Crippen LogP contribution in [0.1, 0.15) is 17.2 Å². The number of ether oxygens (including phenoxy) is 1. The lowest BCUT2D eigenvalue weighted by atomic mass is 10.1. The highest BCUT2D eigenvalue weighted by Crippen LogP contribution is 2.22. The van der Waals surface area contributed by atoms with E-state index in [-0.39, 0.29) is 11.7 Å². The summed E-state index contributed by atoms with van der Waals surface area (Å²) in [5.74, 6) is -0.547. The number of rotatable bonds is 7. The highest BCUT2D eigenvalue weighted by Gasteiger charge is 2.21. The number of carbonyl (C=O) groups is 1. The number of halogens is 1. The lowest BCUT2D eigenvalue weighted by Gasteiger charge is -2.24. The van der Waals surface area contributed by atoms with E-state index < -0.39 is 6.04 Å². The van der Waals surface area contributed by atoms with E-state index in [1.54, 1.807) is 12.1 Å². The number of carbonyl (C=O) groups excluding carboxylic acids is 1. The minimum Gasteiger partial charge on any atom is -0.370 e. The maximum atomic E-state index is 13.2. The van der Waals surface area contributed by atoms with E-state index in [0.717, 1.165) is 44.1 Å². The van der Waals surface area contributed by atoms with Crippen molar-refractivity contribution in [3.8, 4) is 0 Å². The van der Waals surface area contributed by atoms with Crippen molar-refractivity contribution in [2.75, 3.05) is 36.9 Å². The van der Waals surface area contributed by atoms with Crippen LogP contribution in [0, 0.1) is 5.82 Å². The standard InChI is InChI=1S/C25H26FN3O2/c26-21-8-12-23(13-9-21)28-25(30)24(20-4-2-1-3-5-20)27-22-10-6-19(7-11-22)18-29-14-16-31-17-15-29/h1-13,24,27H,14-18H2,(H,28,30)/p+1/t24-/m0/s1. The maximum Gasteiger partial charge on any atom is 0.251 e. The number of benzene rings is 3. The van der Waals surface area contributed by atoms with Crippen molar-refractivity contribution in [1.29, 1.82) is 0 Å². The zero-order chi connectivity index (χ0) is 21.5. The van der Waals surface area contributed by atoms with Gasteiger partial charge < -0.3 is 20.3 Å². The van der Waals surface area contributed by atoms with Gasteiger partial charge in [-0.1, -0.05) is 42.5 Å². The largest absolute Gasteiger partial charge is 0.370 e. The summed E-state index contributed by atoms with van der Waals surface area (Å²) < 4.78 is 18.6. The van der Waals surface area contributed by atoms with Gasteiger partial charge in [0, 0.05) is 16.9 Å². The molecule has 6 heteroatoms. The summed E-state index contributed by atoms with van der Waals surface area (Å²) in [6, 6.07) is 23.0. The van der Waals surface area contributed by atoms with E-state index >= 15 is 0 Å². The molecule has 1 atom stereocenters. The molecule has 3 N–H and O–H groups in total. The molecule has 1 heterocycles. The van der Waals surface area contributed by atoms with Gasteiger partial charge in [0.15, 0.2) is 0 Å². The quantitative estimate of drug-likeness (QED) is 0.551. The molecule has 31 heavy (non-hydrogen) atoms. The second-order valence-corrected chi connectivity index (χ2v) is 7.72. The molecule has 0 radical (unpaired) electrons. The molecular formula is C25H27FN3O2+. The second kappa shape index (κ2) is 10.2. The van der Waals surface area contributed by atoms with Crippen molar-refractivity contribution in [1.82, 2.24) is 0 Å². The Kier molecular flexibility index (Phi) is 6.92. The molecule has 0 bridgehead atoms. The third kappa shape index (κ3) is 5.90. The average Bonchev–Trinajstić information content (AvgIpc) is 2.81. The van der Waals surface area contributed by atoms with Crippen molar-refractivity contribution in [3.63, 3.8) is 0 Å². The fourth-order valence-corrected chi connectivity index (χ4v) is 3.70. The van der Waals surface area contributed by atoms with E-state index in [0.29, 0.717) is 5.69 Å². The third-order valence-corrected chi connectivity index (χ3v) is 5.43. The summed E-state index contributed by atoms with van der Waals surface area (Å²) in [5.41, 5.74) is 3.53. The molecule has 4 rings (SSSR count). The topological polar surface area (TPSA) is 54.8 Å². The van der Waals surface area contributed by atoms with Crippen LogP contribution in [-0.4, -0.2) is 32.2 Å². The average molecular weight is 421 g/mol. The molecule has 3 aromatic carbocycles. The van der Waals surface area contributed by atoms with Gasteiger partial charge in [0.05, 0.1) is 13.2 Å². The highest BCUT2D eigenvalue weighted by molar-refractivity contribution is 5.97. The summed E-state index contributed by atoms with van der Waals surface area (Å²) >= 11 is 0. The molecule has 1 aliphatic heterocycles. The first-order chi connectivity index (χ1) is 15.2. The summed E-state index contributed by atoms with van der Waals surface area (Å²) in [7, 11) is 0. The normalized spacial score (nSPS) is 15.3. The van der Waals surface area contributed by atoms with Gasteiger partial charge in [-0.2, -0.15) is 0 Å². The van der Waals surface area contributed by atoms with Gasteiger partial charge in [-0.25, -0.2) is 4.39 Å². The van der Waals surface area contributed by atoms with Crippen LogP contribution in [-0.2, 0) is 16.1 Å². The summed E-state index contributed by atoms with van der Waals surface area (Å²) in [6.45, 7) is 4.66. The van der Waals surface area contributed by atoms with Crippen LogP contribution in [0.4, 0.5) is 15.8 Å². The molecule has 160 valence electrons. The Morgan fingerprint density at radius 1 is 0.903 bits per heavy atom. The van der Waals surface area contributed by atoms with Gasteiger partial charge in [-0.05, 0) is 42.0 Å². The molecule has 0 unspecified atom stereocenters. The van der Waals surface area contributed by atoms with Crippen LogP contribution in [0.15, 0.2) is 78.9 Å². The molecule has 3 aromatic rings. The molecule has 0 aliphatic carbocycles. The fraction of sp³-hybridized carbons (Fsp3) is 0.240. The van der Waals surface area contributed by atoms with Gasteiger partial charge in [0.2, 0.25) is 0 Å². The number of morpholine rings is 1. The Morgan fingerprint density at radius 3 is 2.23 bits per heavy atom. The number of amides is 1. The minimum atomic E-state index is -0.582. The predicted octanol–water partition coefficient (Wildman–Crippen LogP) is 3.03. The van der Waals surface area contributed by atoms with E-state index in [4.69, 9.17) is 4.74 Å². The first-order valence-corrected chi connectivity index (χ1v) is 10.6. The molecule has 0 spiro atoms. The molecule has 1 fully saturated rings. The number of nitrogens with one attached hydrogen (secondary N) is 3. The number of quaternary nitrogens is 1. The highest BCUT2D eigenvalue weighted by atomic mass is 19.1. The van der Waals surface area contributed by atoms with Crippen LogP contribution in [0.5, 0.6) is 0 Å². The molecule has 0 aromatic heterocycles. The van der Waals surface area contributed by atoms with Crippen molar-refractivity contribution in [3.05, 3.63) is 95.8 Å². The maximum absolute atomic E-state index is 13.2. The van der Waals surface area contributed by atoms with Gasteiger partial charge >= 0.3 is 0 Å². The zero-order valence-electron chi connectivity index (χ0n) is 17.3. The monoisotopic (exact) mass is 420 g/mol. The number of hydrogen-bond donors (Lipinski definition) is 3. The van der Waals surface area contributed by atoms with Gasteiger partial charge in [0.25, 0.3) is 5.91 Å². The van der Waals surface area contributed by atoms with E-state index in [1.807, 2.05) is 42.5 Å². The van der Waals surface area contributed by atoms with Gasteiger partial charge in [-0.3, -0.25) is 4.79 Å². The Hall–Kier alpha value is -3.22. The molecule has 5 nitrogen and oxygen atoms in total. The van der Waals surface area contributed by atoms with E-state index in [1.165, 1.54) is 22.6 Å². The third-order valence-electron chi connectivity index (χ3n) is 5.43. The molecule has 1 amide bonds. The smallest absolute Gasteiger partial charge is 0.251 e. The molecule has 0 saturated carbocycles. The summed E-state index contributed by atoms with van der Waals surface area (Å²) in [6.07, 6.45) is 0. The Balaban J connectivity index is 1.46. The van der Waals surface area contributed by atoms with Crippen molar-refractivity contribution >= 4 is 17.3 Å². The molecule has 1 aliphatic rings. The SMILES string of the molecule is O=C(Nc1ccc(F)cc1)[C@@H](Nc1ccc(C[NH+]2CCOCC2)cc1)c1ccccc1. The zero-order valence-corrected chi connectivity index (χ0v) is 17.3. The van der Waals surface area contributed by atoms with Crippen molar-refractivity contribution in [2.45, 2.75) is 12.6 Å². The number of anilines is 2. The van der Waals surface area contributed by atoms with Crippen LogP contribution in [0.2, 0.25) is 0 Å². The molecular weight excluding hydrogens is 393 g/mol. The first kappa shape index (κ1) is 21.0. The Labute approximate surface area is 181 Å². The minimum absolute atomic E-state index is 0.209. The number of hydrogen-bond acceptors (Lipinski definition) is 3. The van der Waals surface area contributed by atoms with Crippen LogP contribution in [0.3, 0.4) is 0 Å². The lowest BCUT2D eigenvalue weighted by molar-refractivity contribution is -0.921. The van der Waals surface area contributed by atoms with Crippen LogP contribution < -0.4 is 15.5 Å². The van der Waals surface area contributed by atoms with Crippen LogP contribution in [0.25, 0.3) is 0 Å². The van der Waals surface area contributed by atoms with Crippen LogP contribution >= 0.6 is 0 Å². The molecule has 1 saturated heterocycles. The first-order valence-electron chi connectivity index (χ1n) is 10.6. The lowest BCUT2D eigenvalue weighted by Crippen LogP contribution is -3.12. The van der Waals surface area contributed by atoms with Gasteiger partial charge in [0.1, 0.15) is 31.5 Å². The van der Waals surface area contributed by atoms with E-state index in [2.05, 4.69) is 22.8 Å². The summed E-state index contributed by atoms with van der Waals surface area (Å²) in [5, 5.41) is 6.21. The Bertz CT molecular complexity index is 972. The van der Waals surface area contributed by atoms with Gasteiger partial charge in [-0.15, -0.1) is 0 Å². The van der Waals surface area contributed by atoms with E-state index in [9.17, 15) is 9.18 Å².